The van der Waals surface area contributed by atoms with Crippen molar-refractivity contribution in [3.63, 3.8) is 0 Å². The van der Waals surface area contributed by atoms with Crippen molar-refractivity contribution in [1.82, 2.24) is 20.4 Å². The van der Waals surface area contributed by atoms with Crippen LogP contribution in [0.3, 0.4) is 0 Å². The molecule has 2 N–H and O–H groups in total. The molecule has 1 atom stereocenters. The van der Waals surface area contributed by atoms with Crippen molar-refractivity contribution in [2.45, 2.75) is 39.4 Å². The van der Waals surface area contributed by atoms with Crippen LogP contribution < -0.4 is 10.6 Å². The highest BCUT2D eigenvalue weighted by atomic mass is 16.5. The van der Waals surface area contributed by atoms with Gasteiger partial charge in [-0.25, -0.2) is 4.79 Å². The number of likely N-dealkylation sites (N-methyl/N-ethyl adjacent to an activating group) is 1. The highest BCUT2D eigenvalue weighted by molar-refractivity contribution is 5.74. The van der Waals surface area contributed by atoms with Crippen LogP contribution in [-0.4, -0.2) is 68.8 Å². The molecule has 1 fully saturated rings. The lowest BCUT2D eigenvalue weighted by Gasteiger charge is -2.27. The van der Waals surface area contributed by atoms with Crippen molar-refractivity contribution in [2.24, 2.45) is 5.92 Å². The average Bonchev–Trinajstić information content (AvgIpc) is 2.60. The Hall–Kier alpha value is -1.63. The van der Waals surface area contributed by atoms with Gasteiger partial charge in [0.2, 0.25) is 0 Å². The summed E-state index contributed by atoms with van der Waals surface area (Å²) in [5, 5.41) is 6.17. The predicted octanol–water partition coefficient (Wildman–Crippen LogP) is 2.29. The highest BCUT2D eigenvalue weighted by Crippen LogP contribution is 2.13. The van der Waals surface area contributed by atoms with E-state index >= 15 is 0 Å². The molecule has 0 aliphatic carbocycles. The summed E-state index contributed by atoms with van der Waals surface area (Å²) in [6, 6.07) is 8.41. The third-order valence-electron chi connectivity index (χ3n) is 4.73. The molecule has 2 rings (SSSR count). The lowest BCUT2D eigenvalue weighted by Crippen LogP contribution is -2.46. The Bertz CT molecular complexity index is 561. The quantitative estimate of drug-likeness (QED) is 0.694. The predicted molar refractivity (Wildman–Crippen MR) is 110 cm³/mol. The first-order valence-electron chi connectivity index (χ1n) is 10.00. The molecule has 6 nitrogen and oxygen atoms in total. The van der Waals surface area contributed by atoms with Gasteiger partial charge in [0.1, 0.15) is 0 Å². The summed E-state index contributed by atoms with van der Waals surface area (Å²) < 4.78 is 5.43. The van der Waals surface area contributed by atoms with Gasteiger partial charge in [-0.05, 0) is 37.6 Å². The molecule has 0 bridgehead atoms. The van der Waals surface area contributed by atoms with Gasteiger partial charge < -0.3 is 20.3 Å². The largest absolute Gasteiger partial charge is 0.379 e. The normalized spacial score (nSPS) is 16.5. The van der Waals surface area contributed by atoms with Crippen molar-refractivity contribution < 1.29 is 9.53 Å². The molecular formula is C21H36N4O2. The molecule has 1 saturated heterocycles. The Kier molecular flexibility index (Phi) is 9.04. The second-order valence-electron chi connectivity index (χ2n) is 8.07. The smallest absolute Gasteiger partial charge is 0.315 e. The van der Waals surface area contributed by atoms with Gasteiger partial charge in [-0.15, -0.1) is 0 Å². The SMILES string of the molecule is CC(C)CC(CN(C)C)NC(=O)NCc1ccccc1CN1CCOCC1. The monoisotopic (exact) mass is 376 g/mol. The van der Waals surface area contributed by atoms with Crippen LogP contribution in [0.5, 0.6) is 0 Å². The fraction of sp³-hybridized carbons (Fsp3) is 0.667. The molecule has 0 radical (unpaired) electrons. The Morgan fingerprint density at radius 2 is 1.85 bits per heavy atom. The maximum Gasteiger partial charge on any atom is 0.315 e. The van der Waals surface area contributed by atoms with E-state index in [9.17, 15) is 4.79 Å². The molecule has 27 heavy (non-hydrogen) atoms. The van der Waals surface area contributed by atoms with Crippen molar-refractivity contribution in [3.8, 4) is 0 Å². The topological polar surface area (TPSA) is 56.8 Å². The third kappa shape index (κ3) is 8.28. The first kappa shape index (κ1) is 21.7. The van der Waals surface area contributed by atoms with E-state index in [4.69, 9.17) is 4.74 Å². The van der Waals surface area contributed by atoms with E-state index in [-0.39, 0.29) is 12.1 Å². The number of nitrogens with one attached hydrogen (secondary N) is 2. The van der Waals surface area contributed by atoms with Crippen LogP contribution in [0.4, 0.5) is 4.79 Å². The standard InChI is InChI=1S/C21H36N4O2/c1-17(2)13-20(16-24(3)4)23-21(26)22-14-18-7-5-6-8-19(18)15-25-9-11-27-12-10-25/h5-8,17,20H,9-16H2,1-4H3,(H2,22,23,26). The van der Waals surface area contributed by atoms with Gasteiger partial charge in [0.25, 0.3) is 0 Å². The summed E-state index contributed by atoms with van der Waals surface area (Å²) in [7, 11) is 4.07. The van der Waals surface area contributed by atoms with E-state index in [0.717, 1.165) is 45.8 Å². The van der Waals surface area contributed by atoms with E-state index in [1.54, 1.807) is 0 Å². The second kappa shape index (κ2) is 11.3. The van der Waals surface area contributed by atoms with Crippen molar-refractivity contribution >= 4 is 6.03 Å². The minimum atomic E-state index is -0.0938. The number of urea groups is 1. The van der Waals surface area contributed by atoms with Crippen LogP contribution in [0.15, 0.2) is 24.3 Å². The zero-order chi connectivity index (χ0) is 19.6. The number of hydrogen-bond acceptors (Lipinski definition) is 4. The average molecular weight is 377 g/mol. The van der Waals surface area contributed by atoms with Gasteiger partial charge in [-0.3, -0.25) is 4.90 Å². The van der Waals surface area contributed by atoms with Crippen LogP contribution >= 0.6 is 0 Å². The number of benzene rings is 1. The highest BCUT2D eigenvalue weighted by Gasteiger charge is 2.16. The second-order valence-corrected chi connectivity index (χ2v) is 8.07. The van der Waals surface area contributed by atoms with Crippen molar-refractivity contribution in [3.05, 3.63) is 35.4 Å². The number of morpholine rings is 1. The molecule has 152 valence electrons. The molecule has 1 heterocycles. The zero-order valence-electron chi connectivity index (χ0n) is 17.3. The number of carbonyl (C=O) groups is 1. The molecule has 2 amide bonds. The molecule has 1 aromatic carbocycles. The minimum absolute atomic E-state index is 0.0938. The van der Waals surface area contributed by atoms with Crippen LogP contribution in [0, 0.1) is 5.92 Å². The summed E-state index contributed by atoms with van der Waals surface area (Å²) in [5.74, 6) is 0.546. The molecule has 0 aromatic heterocycles. The van der Waals surface area contributed by atoms with Gasteiger partial charge in [0.15, 0.2) is 0 Å². The maximum atomic E-state index is 12.4. The molecule has 1 aliphatic rings. The Balaban J connectivity index is 1.88. The number of rotatable bonds is 9. The van der Waals surface area contributed by atoms with Gasteiger partial charge in [0.05, 0.1) is 13.2 Å². The lowest BCUT2D eigenvalue weighted by atomic mass is 10.0. The van der Waals surface area contributed by atoms with E-state index in [0.29, 0.717) is 12.5 Å². The number of ether oxygens (including phenoxy) is 1. The number of carbonyl (C=O) groups excluding carboxylic acids is 1. The molecule has 1 aliphatic heterocycles. The first-order chi connectivity index (χ1) is 12.9. The van der Waals surface area contributed by atoms with E-state index in [1.165, 1.54) is 11.1 Å². The van der Waals surface area contributed by atoms with Crippen molar-refractivity contribution in [1.29, 1.82) is 0 Å². The van der Waals surface area contributed by atoms with Gasteiger partial charge in [0, 0.05) is 38.8 Å². The summed E-state index contributed by atoms with van der Waals surface area (Å²) in [6.07, 6.45) is 0.971. The van der Waals surface area contributed by atoms with Gasteiger partial charge in [-0.1, -0.05) is 38.1 Å². The van der Waals surface area contributed by atoms with Crippen LogP contribution in [0.25, 0.3) is 0 Å². The Morgan fingerprint density at radius 3 is 2.48 bits per heavy atom. The lowest BCUT2D eigenvalue weighted by molar-refractivity contribution is 0.0341. The summed E-state index contributed by atoms with van der Waals surface area (Å²) >= 11 is 0. The number of amides is 2. The third-order valence-corrected chi connectivity index (χ3v) is 4.73. The van der Waals surface area contributed by atoms with Crippen LogP contribution in [-0.2, 0) is 17.8 Å². The summed E-state index contributed by atoms with van der Waals surface area (Å²) in [6.45, 7) is 10.2. The molecule has 0 spiro atoms. The van der Waals surface area contributed by atoms with Crippen LogP contribution in [0.2, 0.25) is 0 Å². The maximum absolute atomic E-state index is 12.4. The fourth-order valence-corrected chi connectivity index (χ4v) is 3.49. The number of nitrogens with zero attached hydrogens (tertiary/aromatic N) is 2. The van der Waals surface area contributed by atoms with E-state index < -0.39 is 0 Å². The number of hydrogen-bond donors (Lipinski definition) is 2. The van der Waals surface area contributed by atoms with Gasteiger partial charge >= 0.3 is 6.03 Å². The molecule has 0 saturated carbocycles. The first-order valence-corrected chi connectivity index (χ1v) is 10.00. The molecular weight excluding hydrogens is 340 g/mol. The van der Waals surface area contributed by atoms with Crippen LogP contribution in [0.1, 0.15) is 31.4 Å². The zero-order valence-corrected chi connectivity index (χ0v) is 17.3. The minimum Gasteiger partial charge on any atom is -0.379 e. The van der Waals surface area contributed by atoms with E-state index in [2.05, 4.69) is 52.5 Å². The summed E-state index contributed by atoms with van der Waals surface area (Å²) in [4.78, 5) is 16.9. The Morgan fingerprint density at radius 1 is 1.19 bits per heavy atom. The molecule has 6 heteroatoms. The molecule has 1 aromatic rings. The Labute approximate surface area is 164 Å². The van der Waals surface area contributed by atoms with E-state index in [1.807, 2.05) is 20.2 Å². The van der Waals surface area contributed by atoms with Gasteiger partial charge in [-0.2, -0.15) is 0 Å². The molecule has 1 unspecified atom stereocenters. The van der Waals surface area contributed by atoms with Crippen molar-refractivity contribution in [2.75, 3.05) is 46.9 Å². The fourth-order valence-electron chi connectivity index (χ4n) is 3.49. The summed E-state index contributed by atoms with van der Waals surface area (Å²) in [5.41, 5.74) is 2.44.